The van der Waals surface area contributed by atoms with E-state index in [9.17, 15) is 4.79 Å². The first kappa shape index (κ1) is 12.9. The zero-order chi connectivity index (χ0) is 13.0. The standard InChI is InChI=1S/C14H20N2O2/c1-3-14(17)15-13-10-12(5-4-11(13)2)16-6-8-18-9-7-16/h4-5,10H,3,6-9H2,1-2H3,(H,15,17). The van der Waals surface area contributed by atoms with E-state index in [1.54, 1.807) is 0 Å². The van der Waals surface area contributed by atoms with Crippen LogP contribution in [0.5, 0.6) is 0 Å². The zero-order valence-corrected chi connectivity index (χ0v) is 11.0. The number of nitrogens with zero attached hydrogens (tertiary/aromatic N) is 1. The first-order chi connectivity index (χ1) is 8.70. The van der Waals surface area contributed by atoms with Gasteiger partial charge in [0, 0.05) is 30.9 Å². The molecule has 1 fully saturated rings. The van der Waals surface area contributed by atoms with E-state index >= 15 is 0 Å². The lowest BCUT2D eigenvalue weighted by molar-refractivity contribution is -0.115. The number of aryl methyl sites for hydroxylation is 1. The highest BCUT2D eigenvalue weighted by molar-refractivity contribution is 5.91. The molecule has 0 atom stereocenters. The smallest absolute Gasteiger partial charge is 0.224 e. The van der Waals surface area contributed by atoms with Crippen molar-refractivity contribution in [2.24, 2.45) is 0 Å². The molecule has 18 heavy (non-hydrogen) atoms. The van der Waals surface area contributed by atoms with E-state index in [1.807, 2.05) is 19.9 Å². The molecule has 4 heteroatoms. The van der Waals surface area contributed by atoms with Crippen molar-refractivity contribution < 1.29 is 9.53 Å². The molecular formula is C14H20N2O2. The highest BCUT2D eigenvalue weighted by Crippen LogP contribution is 2.24. The van der Waals surface area contributed by atoms with Gasteiger partial charge in [-0.05, 0) is 24.6 Å². The van der Waals surface area contributed by atoms with Crippen LogP contribution in [0.3, 0.4) is 0 Å². The van der Waals surface area contributed by atoms with Crippen LogP contribution in [-0.4, -0.2) is 32.2 Å². The van der Waals surface area contributed by atoms with Gasteiger partial charge in [-0.2, -0.15) is 0 Å². The zero-order valence-electron chi connectivity index (χ0n) is 11.0. The first-order valence-corrected chi connectivity index (χ1v) is 6.44. The molecule has 0 spiro atoms. The quantitative estimate of drug-likeness (QED) is 0.891. The molecule has 4 nitrogen and oxygen atoms in total. The van der Waals surface area contributed by atoms with Gasteiger partial charge in [0.2, 0.25) is 5.91 Å². The van der Waals surface area contributed by atoms with Gasteiger partial charge >= 0.3 is 0 Å². The van der Waals surface area contributed by atoms with Gasteiger partial charge in [-0.3, -0.25) is 4.79 Å². The number of morpholine rings is 1. The van der Waals surface area contributed by atoms with Gasteiger partial charge in [0.25, 0.3) is 0 Å². The summed E-state index contributed by atoms with van der Waals surface area (Å²) in [5.74, 6) is 0.0530. The van der Waals surface area contributed by atoms with Crippen LogP contribution in [0.15, 0.2) is 18.2 Å². The van der Waals surface area contributed by atoms with Crippen molar-refractivity contribution in [3.05, 3.63) is 23.8 Å². The van der Waals surface area contributed by atoms with Gasteiger partial charge in [-0.1, -0.05) is 13.0 Å². The topological polar surface area (TPSA) is 41.6 Å². The van der Waals surface area contributed by atoms with Gasteiger partial charge in [0.05, 0.1) is 13.2 Å². The number of carbonyl (C=O) groups is 1. The Labute approximate surface area is 108 Å². The Hall–Kier alpha value is -1.55. The number of anilines is 2. The summed E-state index contributed by atoms with van der Waals surface area (Å²) in [4.78, 5) is 13.8. The second-order valence-corrected chi connectivity index (χ2v) is 4.50. The maximum atomic E-state index is 11.5. The predicted octanol–water partition coefficient (Wildman–Crippen LogP) is 2.18. The molecule has 98 valence electrons. The maximum absolute atomic E-state index is 11.5. The number of nitrogens with one attached hydrogen (secondary N) is 1. The number of hydrogen-bond donors (Lipinski definition) is 1. The van der Waals surface area contributed by atoms with E-state index in [0.717, 1.165) is 43.2 Å². The molecule has 1 aromatic rings. The van der Waals surface area contributed by atoms with Crippen molar-refractivity contribution in [3.8, 4) is 0 Å². The molecule has 0 unspecified atom stereocenters. The molecule has 1 amide bonds. The summed E-state index contributed by atoms with van der Waals surface area (Å²) in [5.41, 5.74) is 3.15. The van der Waals surface area contributed by atoms with Crippen LogP contribution >= 0.6 is 0 Å². The van der Waals surface area contributed by atoms with Crippen LogP contribution < -0.4 is 10.2 Å². The summed E-state index contributed by atoms with van der Waals surface area (Å²) in [6.07, 6.45) is 0.501. The van der Waals surface area contributed by atoms with Gasteiger partial charge in [0.1, 0.15) is 0 Å². The Morgan fingerprint density at radius 3 is 2.78 bits per heavy atom. The maximum Gasteiger partial charge on any atom is 0.224 e. The van der Waals surface area contributed by atoms with Gasteiger partial charge in [0.15, 0.2) is 0 Å². The molecule has 1 saturated heterocycles. The molecule has 1 aromatic carbocycles. The summed E-state index contributed by atoms with van der Waals surface area (Å²) >= 11 is 0. The number of benzene rings is 1. The lowest BCUT2D eigenvalue weighted by Crippen LogP contribution is -2.36. The number of ether oxygens (including phenoxy) is 1. The fourth-order valence-corrected chi connectivity index (χ4v) is 2.00. The summed E-state index contributed by atoms with van der Waals surface area (Å²) in [5, 5.41) is 2.94. The van der Waals surface area contributed by atoms with Crippen LogP contribution in [0.2, 0.25) is 0 Å². The summed E-state index contributed by atoms with van der Waals surface area (Å²) < 4.78 is 5.35. The number of hydrogen-bond acceptors (Lipinski definition) is 3. The molecule has 0 aromatic heterocycles. The minimum absolute atomic E-state index is 0.0530. The molecule has 0 bridgehead atoms. The van der Waals surface area contributed by atoms with Crippen LogP contribution in [0.25, 0.3) is 0 Å². The van der Waals surface area contributed by atoms with Gasteiger partial charge < -0.3 is 15.0 Å². The molecule has 2 rings (SSSR count). The molecule has 1 aliphatic heterocycles. The van der Waals surface area contributed by atoms with E-state index in [4.69, 9.17) is 4.74 Å². The largest absolute Gasteiger partial charge is 0.378 e. The third-order valence-electron chi connectivity index (χ3n) is 3.19. The van der Waals surface area contributed by atoms with Crippen molar-refractivity contribution >= 4 is 17.3 Å². The average Bonchev–Trinajstić information content (AvgIpc) is 2.42. The normalized spacial score (nSPS) is 15.6. The minimum atomic E-state index is 0.0530. The lowest BCUT2D eigenvalue weighted by Gasteiger charge is -2.29. The van der Waals surface area contributed by atoms with Crippen molar-refractivity contribution in [3.63, 3.8) is 0 Å². The summed E-state index contributed by atoms with van der Waals surface area (Å²) in [6.45, 7) is 7.22. The van der Waals surface area contributed by atoms with Crippen LogP contribution in [0.4, 0.5) is 11.4 Å². The number of amides is 1. The van der Waals surface area contributed by atoms with Crippen molar-refractivity contribution in [1.29, 1.82) is 0 Å². The van der Waals surface area contributed by atoms with Crippen LogP contribution in [0, 0.1) is 6.92 Å². The van der Waals surface area contributed by atoms with Crippen molar-refractivity contribution in [1.82, 2.24) is 0 Å². The first-order valence-electron chi connectivity index (χ1n) is 6.44. The van der Waals surface area contributed by atoms with Crippen molar-refractivity contribution in [2.45, 2.75) is 20.3 Å². The molecule has 0 aliphatic carbocycles. The fraction of sp³-hybridized carbons (Fsp3) is 0.500. The Balaban J connectivity index is 2.16. The van der Waals surface area contributed by atoms with E-state index in [-0.39, 0.29) is 5.91 Å². The summed E-state index contributed by atoms with van der Waals surface area (Å²) in [7, 11) is 0. The summed E-state index contributed by atoms with van der Waals surface area (Å²) in [6, 6.07) is 6.20. The molecule has 0 radical (unpaired) electrons. The number of carbonyl (C=O) groups excluding carboxylic acids is 1. The van der Waals surface area contributed by atoms with E-state index in [2.05, 4.69) is 22.3 Å². The number of rotatable bonds is 3. The Bertz CT molecular complexity index is 426. The molecule has 0 saturated carbocycles. The van der Waals surface area contributed by atoms with Crippen LogP contribution in [-0.2, 0) is 9.53 Å². The predicted molar refractivity (Wildman–Crippen MR) is 73.1 cm³/mol. The Morgan fingerprint density at radius 2 is 2.11 bits per heavy atom. The lowest BCUT2D eigenvalue weighted by atomic mass is 10.1. The van der Waals surface area contributed by atoms with Gasteiger partial charge in [-0.15, -0.1) is 0 Å². The molecule has 1 aliphatic rings. The second kappa shape index (κ2) is 5.87. The Kier molecular flexibility index (Phi) is 4.20. The van der Waals surface area contributed by atoms with Crippen molar-refractivity contribution in [2.75, 3.05) is 36.5 Å². The average molecular weight is 248 g/mol. The monoisotopic (exact) mass is 248 g/mol. The van der Waals surface area contributed by atoms with E-state index in [1.165, 1.54) is 0 Å². The van der Waals surface area contributed by atoms with Gasteiger partial charge in [-0.25, -0.2) is 0 Å². The fourth-order valence-electron chi connectivity index (χ4n) is 2.00. The SMILES string of the molecule is CCC(=O)Nc1cc(N2CCOCC2)ccc1C. The van der Waals surface area contributed by atoms with E-state index < -0.39 is 0 Å². The molecular weight excluding hydrogens is 228 g/mol. The third kappa shape index (κ3) is 3.01. The highest BCUT2D eigenvalue weighted by Gasteiger charge is 2.12. The molecule has 1 N–H and O–H groups in total. The van der Waals surface area contributed by atoms with Crippen LogP contribution in [0.1, 0.15) is 18.9 Å². The molecule has 1 heterocycles. The minimum Gasteiger partial charge on any atom is -0.378 e. The highest BCUT2D eigenvalue weighted by atomic mass is 16.5. The second-order valence-electron chi connectivity index (χ2n) is 4.50. The Morgan fingerprint density at radius 1 is 1.39 bits per heavy atom. The third-order valence-corrected chi connectivity index (χ3v) is 3.19. The van der Waals surface area contributed by atoms with E-state index in [0.29, 0.717) is 6.42 Å².